The predicted octanol–water partition coefficient (Wildman–Crippen LogP) is 4.86. The van der Waals surface area contributed by atoms with Gasteiger partial charge in [0.05, 0.1) is 0 Å². The molecule has 1 aromatic carbocycles. The van der Waals surface area contributed by atoms with Gasteiger partial charge in [0.15, 0.2) is 0 Å². The fraction of sp³-hybridized carbons (Fsp3) is 0.667. The van der Waals surface area contributed by atoms with Gasteiger partial charge in [-0.3, -0.25) is 0 Å². The minimum absolute atomic E-state index is 0.470. The molecule has 1 saturated carbocycles. The van der Waals surface area contributed by atoms with Crippen molar-refractivity contribution in [2.45, 2.75) is 65.5 Å². The Balaban J connectivity index is 1.95. The Morgan fingerprint density at radius 2 is 1.84 bits per heavy atom. The SMILES string of the molecule is Cc1ccccc1C(C)NC1CCCC(C(C)C)C1. The van der Waals surface area contributed by atoms with Gasteiger partial charge in [0.25, 0.3) is 0 Å². The standard InChI is InChI=1S/C18H29N/c1-13(2)16-9-7-10-17(12-16)19-15(4)18-11-6-5-8-14(18)3/h5-6,8,11,13,15-17,19H,7,9-10,12H2,1-4H3. The topological polar surface area (TPSA) is 12.0 Å². The van der Waals surface area contributed by atoms with Crippen molar-refractivity contribution in [3.05, 3.63) is 35.4 Å². The van der Waals surface area contributed by atoms with Gasteiger partial charge >= 0.3 is 0 Å². The summed E-state index contributed by atoms with van der Waals surface area (Å²) < 4.78 is 0. The molecule has 19 heavy (non-hydrogen) atoms. The molecule has 2 rings (SSSR count). The fourth-order valence-electron chi connectivity index (χ4n) is 3.50. The number of hydrogen-bond donors (Lipinski definition) is 1. The van der Waals surface area contributed by atoms with Crippen LogP contribution in [0.4, 0.5) is 0 Å². The van der Waals surface area contributed by atoms with Gasteiger partial charge in [0.2, 0.25) is 0 Å². The van der Waals surface area contributed by atoms with Crippen LogP contribution in [-0.4, -0.2) is 6.04 Å². The summed E-state index contributed by atoms with van der Waals surface area (Å²) in [5, 5.41) is 3.86. The zero-order chi connectivity index (χ0) is 13.8. The van der Waals surface area contributed by atoms with Crippen molar-refractivity contribution < 1.29 is 0 Å². The molecule has 1 fully saturated rings. The molecule has 0 aromatic heterocycles. The molecule has 0 heterocycles. The van der Waals surface area contributed by atoms with Gasteiger partial charge in [-0.05, 0) is 49.7 Å². The van der Waals surface area contributed by atoms with Gasteiger partial charge in [0, 0.05) is 12.1 Å². The molecule has 1 nitrogen and oxygen atoms in total. The Hall–Kier alpha value is -0.820. The van der Waals surface area contributed by atoms with E-state index in [0.29, 0.717) is 12.1 Å². The number of nitrogens with one attached hydrogen (secondary N) is 1. The van der Waals surface area contributed by atoms with Crippen LogP contribution in [0.2, 0.25) is 0 Å². The van der Waals surface area contributed by atoms with E-state index in [0.717, 1.165) is 11.8 Å². The van der Waals surface area contributed by atoms with E-state index >= 15 is 0 Å². The number of benzene rings is 1. The predicted molar refractivity (Wildman–Crippen MR) is 83.3 cm³/mol. The van der Waals surface area contributed by atoms with E-state index in [1.54, 1.807) is 0 Å². The summed E-state index contributed by atoms with van der Waals surface area (Å²) in [5.41, 5.74) is 2.85. The van der Waals surface area contributed by atoms with E-state index in [9.17, 15) is 0 Å². The quantitative estimate of drug-likeness (QED) is 0.814. The van der Waals surface area contributed by atoms with Gasteiger partial charge in [-0.25, -0.2) is 0 Å². The van der Waals surface area contributed by atoms with Crippen LogP contribution >= 0.6 is 0 Å². The smallest absolute Gasteiger partial charge is 0.0296 e. The van der Waals surface area contributed by atoms with Crippen LogP contribution < -0.4 is 5.32 Å². The Kier molecular flexibility index (Phi) is 5.04. The summed E-state index contributed by atoms with van der Waals surface area (Å²) in [5.74, 6) is 1.74. The highest BCUT2D eigenvalue weighted by Crippen LogP contribution is 2.31. The van der Waals surface area contributed by atoms with Crippen LogP contribution in [0.15, 0.2) is 24.3 Å². The molecule has 106 valence electrons. The molecule has 3 unspecified atom stereocenters. The van der Waals surface area contributed by atoms with Crippen molar-refractivity contribution in [2.24, 2.45) is 11.8 Å². The first-order valence-electron chi connectivity index (χ1n) is 7.89. The van der Waals surface area contributed by atoms with Crippen LogP contribution in [0.3, 0.4) is 0 Å². The molecule has 1 N–H and O–H groups in total. The molecular weight excluding hydrogens is 230 g/mol. The van der Waals surface area contributed by atoms with E-state index in [2.05, 4.69) is 57.3 Å². The molecule has 1 aliphatic rings. The molecule has 1 aliphatic carbocycles. The average Bonchev–Trinajstić information content (AvgIpc) is 2.39. The van der Waals surface area contributed by atoms with Gasteiger partial charge in [-0.15, -0.1) is 0 Å². The van der Waals surface area contributed by atoms with E-state index in [1.807, 2.05) is 0 Å². The van der Waals surface area contributed by atoms with Crippen molar-refractivity contribution in [2.75, 3.05) is 0 Å². The first kappa shape index (κ1) is 14.6. The molecule has 0 saturated heterocycles. The summed E-state index contributed by atoms with van der Waals surface area (Å²) >= 11 is 0. The lowest BCUT2D eigenvalue weighted by atomic mass is 9.79. The van der Waals surface area contributed by atoms with Crippen molar-refractivity contribution in [1.29, 1.82) is 0 Å². The molecule has 0 bridgehead atoms. The molecule has 0 amide bonds. The van der Waals surface area contributed by atoms with Gasteiger partial charge in [-0.1, -0.05) is 51.0 Å². The van der Waals surface area contributed by atoms with Crippen molar-refractivity contribution in [3.8, 4) is 0 Å². The number of rotatable bonds is 4. The number of hydrogen-bond acceptors (Lipinski definition) is 1. The minimum Gasteiger partial charge on any atom is -0.307 e. The minimum atomic E-state index is 0.470. The van der Waals surface area contributed by atoms with Gasteiger partial charge < -0.3 is 5.32 Å². The first-order chi connectivity index (χ1) is 9.08. The van der Waals surface area contributed by atoms with Crippen molar-refractivity contribution in [1.82, 2.24) is 5.32 Å². The van der Waals surface area contributed by atoms with Crippen LogP contribution in [0.5, 0.6) is 0 Å². The summed E-state index contributed by atoms with van der Waals surface area (Å²) in [6.45, 7) is 9.27. The second-order valence-corrected chi connectivity index (χ2v) is 6.61. The van der Waals surface area contributed by atoms with Crippen molar-refractivity contribution >= 4 is 0 Å². The van der Waals surface area contributed by atoms with Crippen molar-refractivity contribution in [3.63, 3.8) is 0 Å². The normalized spacial score (nSPS) is 25.5. The maximum Gasteiger partial charge on any atom is 0.0296 e. The summed E-state index contributed by atoms with van der Waals surface area (Å²) in [6.07, 6.45) is 5.52. The molecule has 0 aliphatic heterocycles. The highest BCUT2D eigenvalue weighted by Gasteiger charge is 2.25. The lowest BCUT2D eigenvalue weighted by Gasteiger charge is -2.34. The lowest BCUT2D eigenvalue weighted by Crippen LogP contribution is -2.37. The zero-order valence-electron chi connectivity index (χ0n) is 12.9. The average molecular weight is 259 g/mol. The van der Waals surface area contributed by atoms with Crippen LogP contribution in [-0.2, 0) is 0 Å². The summed E-state index contributed by atoms with van der Waals surface area (Å²) in [4.78, 5) is 0. The third kappa shape index (κ3) is 3.82. The monoisotopic (exact) mass is 259 g/mol. The third-order valence-electron chi connectivity index (χ3n) is 4.80. The lowest BCUT2D eigenvalue weighted by molar-refractivity contribution is 0.222. The molecule has 1 aromatic rings. The number of aryl methyl sites for hydroxylation is 1. The Morgan fingerprint density at radius 3 is 2.53 bits per heavy atom. The Labute approximate surface area is 118 Å². The second-order valence-electron chi connectivity index (χ2n) is 6.61. The maximum absolute atomic E-state index is 3.86. The first-order valence-corrected chi connectivity index (χ1v) is 7.89. The third-order valence-corrected chi connectivity index (χ3v) is 4.80. The van der Waals surface area contributed by atoms with Gasteiger partial charge in [0.1, 0.15) is 0 Å². The second kappa shape index (κ2) is 6.56. The molecular formula is C18H29N. The summed E-state index contributed by atoms with van der Waals surface area (Å²) in [6, 6.07) is 9.92. The van der Waals surface area contributed by atoms with Gasteiger partial charge in [-0.2, -0.15) is 0 Å². The molecule has 3 atom stereocenters. The van der Waals surface area contributed by atoms with Crippen LogP contribution in [0.1, 0.15) is 63.6 Å². The van der Waals surface area contributed by atoms with E-state index < -0.39 is 0 Å². The maximum atomic E-state index is 3.86. The molecule has 0 spiro atoms. The highest BCUT2D eigenvalue weighted by atomic mass is 14.9. The largest absolute Gasteiger partial charge is 0.307 e. The Morgan fingerprint density at radius 1 is 1.11 bits per heavy atom. The van der Waals surface area contributed by atoms with Crippen LogP contribution in [0, 0.1) is 18.8 Å². The highest BCUT2D eigenvalue weighted by molar-refractivity contribution is 5.28. The fourth-order valence-corrected chi connectivity index (χ4v) is 3.50. The van der Waals surface area contributed by atoms with E-state index in [-0.39, 0.29) is 0 Å². The molecule has 0 radical (unpaired) electrons. The van der Waals surface area contributed by atoms with E-state index in [1.165, 1.54) is 36.8 Å². The molecule has 1 heteroatoms. The van der Waals surface area contributed by atoms with Crippen LogP contribution in [0.25, 0.3) is 0 Å². The zero-order valence-corrected chi connectivity index (χ0v) is 12.9. The van der Waals surface area contributed by atoms with E-state index in [4.69, 9.17) is 0 Å². The Bertz CT molecular complexity index is 396. The summed E-state index contributed by atoms with van der Waals surface area (Å²) in [7, 11) is 0.